The van der Waals surface area contributed by atoms with Gasteiger partial charge in [0.1, 0.15) is 5.82 Å². The fourth-order valence-electron chi connectivity index (χ4n) is 1.55. The average Bonchev–Trinajstić information content (AvgIpc) is 2.39. The summed E-state index contributed by atoms with van der Waals surface area (Å²) in [6, 6.07) is 14.8. The number of rotatable bonds is 2. The molecule has 0 saturated carbocycles. The summed E-state index contributed by atoms with van der Waals surface area (Å²) in [5.74, 6) is -0.500. The minimum atomic E-state index is -0.344. The molecule has 2 nitrogen and oxygen atoms in total. The molecule has 2 aromatic rings. The van der Waals surface area contributed by atoms with Crippen molar-refractivity contribution in [3.63, 3.8) is 0 Å². The number of halogens is 1. The maximum atomic E-state index is 12.7. The van der Waals surface area contributed by atoms with Crippen LogP contribution in [0.15, 0.2) is 54.6 Å². The number of carbonyl (C=O) groups excluding carboxylic acids is 1. The topological polar surface area (TPSA) is 20.3 Å². The zero-order valence-electron chi connectivity index (χ0n) is 9.43. The highest BCUT2D eigenvalue weighted by molar-refractivity contribution is 6.05. The van der Waals surface area contributed by atoms with Crippen LogP contribution >= 0.6 is 0 Å². The molecule has 0 spiro atoms. The maximum Gasteiger partial charge on any atom is 0.258 e. The third-order valence-electron chi connectivity index (χ3n) is 2.54. The molecule has 2 rings (SSSR count). The Labute approximate surface area is 99.3 Å². The van der Waals surface area contributed by atoms with E-state index in [9.17, 15) is 9.18 Å². The summed E-state index contributed by atoms with van der Waals surface area (Å²) in [4.78, 5) is 13.6. The smallest absolute Gasteiger partial charge is 0.258 e. The summed E-state index contributed by atoms with van der Waals surface area (Å²) >= 11 is 0. The lowest BCUT2D eigenvalue weighted by molar-refractivity contribution is 0.0993. The van der Waals surface area contributed by atoms with E-state index >= 15 is 0 Å². The molecular weight excluding hydrogens is 217 g/mol. The van der Waals surface area contributed by atoms with E-state index in [-0.39, 0.29) is 11.7 Å². The summed E-state index contributed by atoms with van der Waals surface area (Å²) in [6.45, 7) is 0. The van der Waals surface area contributed by atoms with Crippen molar-refractivity contribution < 1.29 is 9.18 Å². The van der Waals surface area contributed by atoms with Gasteiger partial charge in [-0.3, -0.25) is 4.79 Å². The minimum absolute atomic E-state index is 0.156. The van der Waals surface area contributed by atoms with Gasteiger partial charge in [-0.1, -0.05) is 18.2 Å². The molecule has 0 atom stereocenters. The molecule has 0 aromatic heterocycles. The summed E-state index contributed by atoms with van der Waals surface area (Å²) in [5, 5.41) is 0. The number of anilines is 1. The summed E-state index contributed by atoms with van der Waals surface area (Å²) in [7, 11) is 1.70. The molecule has 0 aliphatic heterocycles. The second-order valence-electron chi connectivity index (χ2n) is 3.71. The van der Waals surface area contributed by atoms with E-state index in [0.29, 0.717) is 5.56 Å². The average molecular weight is 229 g/mol. The number of carbonyl (C=O) groups is 1. The van der Waals surface area contributed by atoms with Crippen LogP contribution < -0.4 is 4.90 Å². The zero-order chi connectivity index (χ0) is 12.3. The second-order valence-corrected chi connectivity index (χ2v) is 3.71. The number of nitrogens with zero attached hydrogens (tertiary/aromatic N) is 1. The predicted octanol–water partition coefficient (Wildman–Crippen LogP) is 3.10. The lowest BCUT2D eigenvalue weighted by Crippen LogP contribution is -2.26. The standard InChI is InChI=1S/C14H12FNO/c1-16(13-5-3-2-4-6-13)14(17)11-7-9-12(15)10-8-11/h2-10H,1H3. The molecule has 0 unspecified atom stereocenters. The van der Waals surface area contributed by atoms with E-state index in [4.69, 9.17) is 0 Å². The Balaban J connectivity index is 2.23. The quantitative estimate of drug-likeness (QED) is 0.774. The molecule has 17 heavy (non-hydrogen) atoms. The van der Waals surface area contributed by atoms with E-state index in [1.54, 1.807) is 7.05 Å². The van der Waals surface area contributed by atoms with Gasteiger partial charge in [-0.25, -0.2) is 4.39 Å². The minimum Gasteiger partial charge on any atom is -0.311 e. The Morgan fingerprint density at radius 3 is 2.18 bits per heavy atom. The SMILES string of the molecule is CN(C(=O)c1ccc(F)cc1)c1ccccc1. The molecule has 0 aliphatic rings. The first-order valence-electron chi connectivity index (χ1n) is 5.27. The Kier molecular flexibility index (Phi) is 3.19. The predicted molar refractivity (Wildman–Crippen MR) is 65.6 cm³/mol. The van der Waals surface area contributed by atoms with Crippen molar-refractivity contribution in [1.82, 2.24) is 0 Å². The highest BCUT2D eigenvalue weighted by atomic mass is 19.1. The Morgan fingerprint density at radius 2 is 1.59 bits per heavy atom. The van der Waals surface area contributed by atoms with Crippen LogP contribution in [0, 0.1) is 5.82 Å². The van der Waals surface area contributed by atoms with Crippen molar-refractivity contribution in [2.45, 2.75) is 0 Å². The fourth-order valence-corrected chi connectivity index (χ4v) is 1.55. The van der Waals surface area contributed by atoms with Crippen molar-refractivity contribution in [3.8, 4) is 0 Å². The number of benzene rings is 2. The first-order chi connectivity index (χ1) is 8.18. The molecular formula is C14H12FNO. The Morgan fingerprint density at radius 1 is 1.00 bits per heavy atom. The zero-order valence-corrected chi connectivity index (χ0v) is 9.43. The van der Waals surface area contributed by atoms with Crippen LogP contribution in [0.4, 0.5) is 10.1 Å². The van der Waals surface area contributed by atoms with Crippen molar-refractivity contribution >= 4 is 11.6 Å². The molecule has 0 heterocycles. The monoisotopic (exact) mass is 229 g/mol. The van der Waals surface area contributed by atoms with Crippen molar-refractivity contribution in [2.24, 2.45) is 0 Å². The van der Waals surface area contributed by atoms with Gasteiger partial charge in [-0.05, 0) is 36.4 Å². The van der Waals surface area contributed by atoms with Gasteiger partial charge in [0, 0.05) is 18.3 Å². The third kappa shape index (κ3) is 2.50. The van der Waals surface area contributed by atoms with E-state index < -0.39 is 0 Å². The van der Waals surface area contributed by atoms with Crippen molar-refractivity contribution in [3.05, 3.63) is 66.0 Å². The van der Waals surface area contributed by atoms with Gasteiger partial charge in [0.2, 0.25) is 0 Å². The molecule has 0 saturated heterocycles. The van der Waals surface area contributed by atoms with Gasteiger partial charge in [-0.2, -0.15) is 0 Å². The van der Waals surface area contributed by atoms with Crippen LogP contribution in [0.2, 0.25) is 0 Å². The number of para-hydroxylation sites is 1. The van der Waals surface area contributed by atoms with Crippen LogP contribution in [0.1, 0.15) is 10.4 Å². The van der Waals surface area contributed by atoms with Crippen LogP contribution in [-0.4, -0.2) is 13.0 Å². The maximum absolute atomic E-state index is 12.7. The molecule has 1 amide bonds. The molecule has 0 radical (unpaired) electrons. The van der Waals surface area contributed by atoms with Crippen LogP contribution in [-0.2, 0) is 0 Å². The van der Waals surface area contributed by atoms with Crippen LogP contribution in [0.5, 0.6) is 0 Å². The van der Waals surface area contributed by atoms with Crippen molar-refractivity contribution in [2.75, 3.05) is 11.9 Å². The van der Waals surface area contributed by atoms with Gasteiger partial charge >= 0.3 is 0 Å². The number of hydrogen-bond acceptors (Lipinski definition) is 1. The molecule has 86 valence electrons. The van der Waals surface area contributed by atoms with Gasteiger partial charge in [0.15, 0.2) is 0 Å². The Hall–Kier alpha value is -2.16. The van der Waals surface area contributed by atoms with Crippen LogP contribution in [0.25, 0.3) is 0 Å². The van der Waals surface area contributed by atoms with Crippen LogP contribution in [0.3, 0.4) is 0 Å². The first-order valence-corrected chi connectivity index (χ1v) is 5.27. The van der Waals surface area contributed by atoms with E-state index in [1.165, 1.54) is 29.2 Å². The van der Waals surface area contributed by atoms with Gasteiger partial charge < -0.3 is 4.90 Å². The summed E-state index contributed by atoms with van der Waals surface area (Å²) < 4.78 is 12.7. The summed E-state index contributed by atoms with van der Waals surface area (Å²) in [5.41, 5.74) is 1.28. The molecule has 0 aliphatic carbocycles. The third-order valence-corrected chi connectivity index (χ3v) is 2.54. The van der Waals surface area contributed by atoms with Gasteiger partial charge in [0.25, 0.3) is 5.91 Å². The number of amides is 1. The van der Waals surface area contributed by atoms with Gasteiger partial charge in [-0.15, -0.1) is 0 Å². The Bertz CT molecular complexity index is 508. The van der Waals surface area contributed by atoms with E-state index in [2.05, 4.69) is 0 Å². The summed E-state index contributed by atoms with van der Waals surface area (Å²) in [6.07, 6.45) is 0. The highest BCUT2D eigenvalue weighted by Crippen LogP contribution is 2.14. The second kappa shape index (κ2) is 4.78. The molecule has 2 aromatic carbocycles. The molecule has 0 fully saturated rings. The lowest BCUT2D eigenvalue weighted by atomic mass is 10.2. The van der Waals surface area contributed by atoms with E-state index in [0.717, 1.165) is 5.69 Å². The first kappa shape index (κ1) is 11.3. The fraction of sp³-hybridized carbons (Fsp3) is 0.0714. The lowest BCUT2D eigenvalue weighted by Gasteiger charge is -2.17. The molecule has 0 bridgehead atoms. The largest absolute Gasteiger partial charge is 0.311 e. The molecule has 3 heteroatoms. The van der Waals surface area contributed by atoms with E-state index in [1.807, 2.05) is 30.3 Å². The van der Waals surface area contributed by atoms with Crippen molar-refractivity contribution in [1.29, 1.82) is 0 Å². The normalized spacial score (nSPS) is 10.0. The molecule has 0 N–H and O–H groups in total. The highest BCUT2D eigenvalue weighted by Gasteiger charge is 2.12. The van der Waals surface area contributed by atoms with Gasteiger partial charge in [0.05, 0.1) is 0 Å². The number of hydrogen-bond donors (Lipinski definition) is 0.